The summed E-state index contributed by atoms with van der Waals surface area (Å²) in [6.07, 6.45) is 1.84. The standard InChI is InChI=1S/C16H17NO5S/c18-14-8-13(15(19)17(14)9-10-4-3-7-22-10)23-12-6-2-1-5-11(12)16(20)21/h1-2,5-6,10,13H,3-4,7-9H2,(H,20,21)/t10-,13+/m1/s1. The Morgan fingerprint density at radius 3 is 2.83 bits per heavy atom. The van der Waals surface area contributed by atoms with Crippen LogP contribution >= 0.6 is 11.8 Å². The summed E-state index contributed by atoms with van der Waals surface area (Å²) in [4.78, 5) is 37.6. The van der Waals surface area contributed by atoms with Crippen molar-refractivity contribution in [1.82, 2.24) is 4.90 Å². The van der Waals surface area contributed by atoms with Crippen molar-refractivity contribution in [3.8, 4) is 0 Å². The Balaban J connectivity index is 1.71. The lowest BCUT2D eigenvalue weighted by molar-refractivity contribution is -0.140. The first-order valence-electron chi connectivity index (χ1n) is 7.51. The van der Waals surface area contributed by atoms with Gasteiger partial charge in [0.25, 0.3) is 0 Å². The fourth-order valence-electron chi connectivity index (χ4n) is 2.83. The molecule has 1 aromatic carbocycles. The highest BCUT2D eigenvalue weighted by molar-refractivity contribution is 8.00. The first-order valence-corrected chi connectivity index (χ1v) is 8.39. The van der Waals surface area contributed by atoms with Crippen LogP contribution < -0.4 is 0 Å². The van der Waals surface area contributed by atoms with Gasteiger partial charge in [0, 0.05) is 17.9 Å². The van der Waals surface area contributed by atoms with Gasteiger partial charge in [-0.3, -0.25) is 14.5 Å². The highest BCUT2D eigenvalue weighted by Crippen LogP contribution is 2.34. The van der Waals surface area contributed by atoms with E-state index in [2.05, 4.69) is 0 Å². The normalized spacial score (nSPS) is 24.4. The molecule has 6 nitrogen and oxygen atoms in total. The lowest BCUT2D eigenvalue weighted by atomic mass is 10.2. The minimum atomic E-state index is -1.04. The van der Waals surface area contributed by atoms with Crippen LogP contribution in [0.3, 0.4) is 0 Å². The third-order valence-corrected chi connectivity index (χ3v) is 5.26. The fraction of sp³-hybridized carbons (Fsp3) is 0.438. The van der Waals surface area contributed by atoms with Crippen molar-refractivity contribution >= 4 is 29.5 Å². The Bertz CT molecular complexity index is 641. The Morgan fingerprint density at radius 1 is 1.35 bits per heavy atom. The zero-order valence-corrected chi connectivity index (χ0v) is 13.3. The number of nitrogens with zero attached hydrogens (tertiary/aromatic N) is 1. The van der Waals surface area contributed by atoms with E-state index in [4.69, 9.17) is 4.74 Å². The van der Waals surface area contributed by atoms with E-state index >= 15 is 0 Å². The summed E-state index contributed by atoms with van der Waals surface area (Å²) in [5, 5.41) is 8.64. The van der Waals surface area contributed by atoms with Crippen LogP contribution in [0.5, 0.6) is 0 Å². The molecule has 2 aliphatic heterocycles. The van der Waals surface area contributed by atoms with Crippen LogP contribution in [0.4, 0.5) is 0 Å². The number of carboxylic acid groups (broad SMARTS) is 1. The van der Waals surface area contributed by atoms with Gasteiger partial charge in [-0.15, -0.1) is 11.8 Å². The largest absolute Gasteiger partial charge is 0.478 e. The number of ether oxygens (including phenoxy) is 1. The molecule has 0 bridgehead atoms. The molecule has 0 aliphatic carbocycles. The second-order valence-electron chi connectivity index (χ2n) is 5.59. The van der Waals surface area contributed by atoms with Crippen molar-refractivity contribution in [2.45, 2.75) is 35.5 Å². The number of amides is 2. The van der Waals surface area contributed by atoms with E-state index in [-0.39, 0.29) is 29.9 Å². The number of thioether (sulfide) groups is 1. The molecule has 0 radical (unpaired) electrons. The average Bonchev–Trinajstić information content (AvgIpc) is 3.12. The van der Waals surface area contributed by atoms with Crippen molar-refractivity contribution < 1.29 is 24.2 Å². The number of likely N-dealkylation sites (tertiary alicyclic amines) is 1. The number of rotatable bonds is 5. The van der Waals surface area contributed by atoms with Gasteiger partial charge in [0.15, 0.2) is 0 Å². The smallest absolute Gasteiger partial charge is 0.336 e. The second-order valence-corrected chi connectivity index (χ2v) is 6.83. The molecule has 0 unspecified atom stereocenters. The SMILES string of the molecule is O=C(O)c1ccccc1S[C@H]1CC(=O)N(C[C@H]2CCCO2)C1=O. The van der Waals surface area contributed by atoms with Crippen LogP contribution in [0.1, 0.15) is 29.6 Å². The molecule has 1 N–H and O–H groups in total. The number of imide groups is 1. The van der Waals surface area contributed by atoms with E-state index in [9.17, 15) is 19.5 Å². The highest BCUT2D eigenvalue weighted by atomic mass is 32.2. The fourth-order valence-corrected chi connectivity index (χ4v) is 4.03. The first kappa shape index (κ1) is 16.0. The number of carbonyl (C=O) groups is 3. The predicted molar refractivity (Wildman–Crippen MR) is 83.4 cm³/mol. The second kappa shape index (κ2) is 6.72. The van der Waals surface area contributed by atoms with Gasteiger partial charge in [0.1, 0.15) is 0 Å². The average molecular weight is 335 g/mol. The van der Waals surface area contributed by atoms with Gasteiger partial charge >= 0.3 is 5.97 Å². The van der Waals surface area contributed by atoms with Gasteiger partial charge in [-0.2, -0.15) is 0 Å². The Hall–Kier alpha value is -1.86. The monoisotopic (exact) mass is 335 g/mol. The van der Waals surface area contributed by atoms with Crippen LogP contribution in [-0.4, -0.2) is 52.3 Å². The van der Waals surface area contributed by atoms with Crippen LogP contribution in [0.2, 0.25) is 0 Å². The van der Waals surface area contributed by atoms with Crippen molar-refractivity contribution in [1.29, 1.82) is 0 Å². The summed E-state index contributed by atoms with van der Waals surface area (Å²) in [5.41, 5.74) is 0.148. The topological polar surface area (TPSA) is 83.9 Å². The molecule has 0 spiro atoms. The number of aromatic carboxylic acids is 1. The highest BCUT2D eigenvalue weighted by Gasteiger charge is 2.41. The van der Waals surface area contributed by atoms with E-state index in [1.54, 1.807) is 18.2 Å². The molecule has 0 aromatic heterocycles. The maximum Gasteiger partial charge on any atom is 0.336 e. The Labute approximate surface area is 137 Å². The van der Waals surface area contributed by atoms with Crippen molar-refractivity contribution in [3.05, 3.63) is 29.8 Å². The third-order valence-electron chi connectivity index (χ3n) is 4.00. The van der Waals surface area contributed by atoms with Crippen LogP contribution in [0.25, 0.3) is 0 Å². The van der Waals surface area contributed by atoms with Gasteiger partial charge in [0.2, 0.25) is 11.8 Å². The molecule has 2 amide bonds. The molecule has 2 saturated heterocycles. The maximum absolute atomic E-state index is 12.5. The molecule has 23 heavy (non-hydrogen) atoms. The summed E-state index contributed by atoms with van der Waals surface area (Å²) in [6.45, 7) is 0.973. The molecule has 0 saturated carbocycles. The van der Waals surface area contributed by atoms with Crippen molar-refractivity contribution in [2.75, 3.05) is 13.2 Å². The van der Waals surface area contributed by atoms with Gasteiger partial charge in [-0.25, -0.2) is 4.79 Å². The lowest BCUT2D eigenvalue weighted by Gasteiger charge is -2.18. The lowest BCUT2D eigenvalue weighted by Crippen LogP contribution is -2.37. The number of hydrogen-bond acceptors (Lipinski definition) is 5. The molecule has 7 heteroatoms. The zero-order valence-electron chi connectivity index (χ0n) is 12.4. The minimum absolute atomic E-state index is 0.0713. The molecule has 122 valence electrons. The molecular formula is C16H17NO5S. The number of hydrogen-bond donors (Lipinski definition) is 1. The quantitative estimate of drug-likeness (QED) is 0.826. The molecule has 2 heterocycles. The Kier molecular flexibility index (Phi) is 4.68. The summed E-state index contributed by atoms with van der Waals surface area (Å²) >= 11 is 1.15. The van der Waals surface area contributed by atoms with E-state index in [0.29, 0.717) is 18.0 Å². The molecule has 2 fully saturated rings. The molecule has 2 aliphatic rings. The predicted octanol–water partition coefficient (Wildman–Crippen LogP) is 1.78. The van der Waals surface area contributed by atoms with Crippen LogP contribution in [0.15, 0.2) is 29.2 Å². The zero-order chi connectivity index (χ0) is 16.4. The van der Waals surface area contributed by atoms with E-state index in [0.717, 1.165) is 24.6 Å². The van der Waals surface area contributed by atoms with Gasteiger partial charge in [-0.1, -0.05) is 12.1 Å². The Morgan fingerprint density at radius 2 is 2.13 bits per heavy atom. The van der Waals surface area contributed by atoms with Gasteiger partial charge in [-0.05, 0) is 25.0 Å². The first-order chi connectivity index (χ1) is 11.1. The molecular weight excluding hydrogens is 318 g/mol. The number of carbonyl (C=O) groups excluding carboxylic acids is 2. The van der Waals surface area contributed by atoms with Crippen molar-refractivity contribution in [2.24, 2.45) is 0 Å². The summed E-state index contributed by atoms with van der Waals surface area (Å²) in [5.74, 6) is -1.51. The summed E-state index contributed by atoms with van der Waals surface area (Å²) in [7, 11) is 0. The van der Waals surface area contributed by atoms with E-state index in [1.165, 1.54) is 11.0 Å². The van der Waals surface area contributed by atoms with E-state index < -0.39 is 11.2 Å². The number of carboxylic acids is 1. The van der Waals surface area contributed by atoms with Crippen LogP contribution in [0, 0.1) is 0 Å². The molecule has 2 atom stereocenters. The van der Waals surface area contributed by atoms with Gasteiger partial charge in [0.05, 0.1) is 23.5 Å². The summed E-state index contributed by atoms with van der Waals surface area (Å²) < 4.78 is 5.49. The van der Waals surface area contributed by atoms with Crippen LogP contribution in [-0.2, 0) is 14.3 Å². The third kappa shape index (κ3) is 3.40. The van der Waals surface area contributed by atoms with Crippen molar-refractivity contribution in [3.63, 3.8) is 0 Å². The minimum Gasteiger partial charge on any atom is -0.478 e. The maximum atomic E-state index is 12.5. The van der Waals surface area contributed by atoms with E-state index in [1.807, 2.05) is 0 Å². The molecule has 1 aromatic rings. The van der Waals surface area contributed by atoms with Gasteiger partial charge < -0.3 is 9.84 Å². The number of benzene rings is 1. The summed E-state index contributed by atoms with van der Waals surface area (Å²) in [6, 6.07) is 6.52. The molecule has 3 rings (SSSR count).